The van der Waals surface area contributed by atoms with E-state index in [0.717, 1.165) is 22.1 Å². The van der Waals surface area contributed by atoms with Crippen molar-refractivity contribution in [2.45, 2.75) is 24.7 Å². The lowest BCUT2D eigenvalue weighted by molar-refractivity contribution is 0.578. The van der Waals surface area contributed by atoms with Gasteiger partial charge in [-0.3, -0.25) is 0 Å². The third-order valence-electron chi connectivity index (χ3n) is 2.55. The molecule has 0 unspecified atom stereocenters. The second kappa shape index (κ2) is 6.38. The quantitative estimate of drug-likeness (QED) is 0.826. The number of aryl methyl sites for hydroxylation is 2. The van der Waals surface area contributed by atoms with Crippen LogP contribution in [0.3, 0.4) is 0 Å². The fraction of sp³-hybridized carbons (Fsp3) is 0.333. The van der Waals surface area contributed by atoms with Crippen LogP contribution in [-0.4, -0.2) is 25.2 Å². The van der Waals surface area contributed by atoms with Crippen molar-refractivity contribution in [3.63, 3.8) is 0 Å². The van der Waals surface area contributed by atoms with Crippen molar-refractivity contribution < 1.29 is 12.8 Å². The summed E-state index contributed by atoms with van der Waals surface area (Å²) >= 11 is 1.50. The van der Waals surface area contributed by atoms with E-state index in [2.05, 4.69) is 14.9 Å². The summed E-state index contributed by atoms with van der Waals surface area (Å²) in [6, 6.07) is 4.73. The molecule has 108 valence electrons. The minimum absolute atomic E-state index is 0.0608. The Morgan fingerprint density at radius 2 is 1.95 bits per heavy atom. The van der Waals surface area contributed by atoms with Gasteiger partial charge in [-0.25, -0.2) is 17.5 Å². The molecule has 0 aliphatic rings. The van der Waals surface area contributed by atoms with Crippen LogP contribution in [0.4, 0.5) is 4.39 Å². The lowest BCUT2D eigenvalue weighted by Crippen LogP contribution is -2.25. The molecule has 0 radical (unpaired) electrons. The number of benzene rings is 1. The van der Waals surface area contributed by atoms with E-state index in [4.69, 9.17) is 0 Å². The molecule has 2 rings (SSSR count). The van der Waals surface area contributed by atoms with E-state index in [1.165, 1.54) is 23.5 Å². The normalized spacial score (nSPS) is 11.7. The molecule has 1 aromatic heterocycles. The van der Waals surface area contributed by atoms with Crippen molar-refractivity contribution in [1.82, 2.24) is 14.9 Å². The van der Waals surface area contributed by atoms with E-state index in [9.17, 15) is 12.8 Å². The molecule has 0 saturated heterocycles. The minimum atomic E-state index is -3.58. The highest BCUT2D eigenvalue weighted by atomic mass is 32.2. The highest BCUT2D eigenvalue weighted by molar-refractivity contribution is 7.89. The molecular formula is C12H14FN3O2S2. The van der Waals surface area contributed by atoms with Crippen LogP contribution >= 0.6 is 11.3 Å². The second-order valence-corrected chi connectivity index (χ2v) is 7.20. The summed E-state index contributed by atoms with van der Waals surface area (Å²) in [7, 11) is -3.58. The van der Waals surface area contributed by atoms with Gasteiger partial charge in [0, 0.05) is 13.0 Å². The highest BCUT2D eigenvalue weighted by Crippen LogP contribution is 2.11. The Labute approximate surface area is 120 Å². The Balaban J connectivity index is 1.85. The van der Waals surface area contributed by atoms with Crippen LogP contribution in [0.1, 0.15) is 16.4 Å². The van der Waals surface area contributed by atoms with Crippen molar-refractivity contribution in [2.24, 2.45) is 0 Å². The number of halogens is 1. The maximum absolute atomic E-state index is 12.7. The summed E-state index contributed by atoms with van der Waals surface area (Å²) in [4.78, 5) is 0.0608. The van der Waals surface area contributed by atoms with E-state index >= 15 is 0 Å². The fourth-order valence-corrected chi connectivity index (χ4v) is 3.41. The molecule has 2 aromatic rings. The third-order valence-corrected chi connectivity index (χ3v) is 4.93. The molecule has 0 atom stereocenters. The van der Waals surface area contributed by atoms with E-state index < -0.39 is 15.8 Å². The maximum atomic E-state index is 12.7. The van der Waals surface area contributed by atoms with Crippen LogP contribution in [0, 0.1) is 12.7 Å². The molecule has 0 amide bonds. The van der Waals surface area contributed by atoms with Crippen molar-refractivity contribution in [3.05, 3.63) is 40.1 Å². The standard InChI is InChI=1S/C12H14FN3O2S2/c1-9-15-16-12(19-9)3-2-8-14-20(17,18)11-6-4-10(13)5-7-11/h4-7,14H,2-3,8H2,1H3. The summed E-state index contributed by atoms with van der Waals surface area (Å²) < 4.78 is 39.0. The molecular weight excluding hydrogens is 301 g/mol. The smallest absolute Gasteiger partial charge is 0.211 e. The molecule has 0 bridgehead atoms. The van der Waals surface area contributed by atoms with E-state index in [-0.39, 0.29) is 4.90 Å². The van der Waals surface area contributed by atoms with Crippen LogP contribution in [0.15, 0.2) is 29.2 Å². The molecule has 0 fully saturated rings. The molecule has 0 spiro atoms. The minimum Gasteiger partial charge on any atom is -0.211 e. The second-order valence-electron chi connectivity index (χ2n) is 4.17. The Morgan fingerprint density at radius 3 is 2.55 bits per heavy atom. The third kappa shape index (κ3) is 4.06. The van der Waals surface area contributed by atoms with Gasteiger partial charge in [0.05, 0.1) is 4.90 Å². The molecule has 5 nitrogen and oxygen atoms in total. The molecule has 1 N–H and O–H groups in total. The Hall–Kier alpha value is -1.38. The first-order valence-electron chi connectivity index (χ1n) is 6.01. The van der Waals surface area contributed by atoms with Gasteiger partial charge in [-0.2, -0.15) is 0 Å². The Kier molecular flexibility index (Phi) is 4.79. The monoisotopic (exact) mass is 315 g/mol. The Bertz CT molecular complexity index is 668. The van der Waals surface area contributed by atoms with Gasteiger partial charge >= 0.3 is 0 Å². The van der Waals surface area contributed by atoms with Gasteiger partial charge in [0.1, 0.15) is 15.8 Å². The van der Waals surface area contributed by atoms with Crippen molar-refractivity contribution in [1.29, 1.82) is 0 Å². The van der Waals surface area contributed by atoms with E-state index in [0.29, 0.717) is 19.4 Å². The molecule has 20 heavy (non-hydrogen) atoms. The SMILES string of the molecule is Cc1nnc(CCCNS(=O)(=O)c2ccc(F)cc2)s1. The molecule has 0 aliphatic carbocycles. The highest BCUT2D eigenvalue weighted by Gasteiger charge is 2.13. The van der Waals surface area contributed by atoms with E-state index in [1.54, 1.807) is 0 Å². The maximum Gasteiger partial charge on any atom is 0.240 e. The van der Waals surface area contributed by atoms with Crippen LogP contribution in [0.5, 0.6) is 0 Å². The number of aromatic nitrogens is 2. The summed E-state index contributed by atoms with van der Waals surface area (Å²) in [5, 5.41) is 9.65. The molecule has 0 saturated carbocycles. The van der Waals surface area contributed by atoms with Crippen molar-refractivity contribution >= 4 is 21.4 Å². The number of sulfonamides is 1. The van der Waals surface area contributed by atoms with Gasteiger partial charge in [-0.15, -0.1) is 21.5 Å². The van der Waals surface area contributed by atoms with Gasteiger partial charge in [0.25, 0.3) is 0 Å². The zero-order chi connectivity index (χ0) is 14.6. The Morgan fingerprint density at radius 1 is 1.25 bits per heavy atom. The molecule has 8 heteroatoms. The number of hydrogen-bond donors (Lipinski definition) is 1. The lowest BCUT2D eigenvalue weighted by Gasteiger charge is -2.05. The summed E-state index contributed by atoms with van der Waals surface area (Å²) in [5.74, 6) is -0.462. The largest absolute Gasteiger partial charge is 0.240 e. The zero-order valence-electron chi connectivity index (χ0n) is 10.8. The van der Waals surface area contributed by atoms with Crippen molar-refractivity contribution in [2.75, 3.05) is 6.54 Å². The average Bonchev–Trinajstić information content (AvgIpc) is 2.81. The topological polar surface area (TPSA) is 72.0 Å². The molecule has 1 heterocycles. The first-order valence-corrected chi connectivity index (χ1v) is 8.31. The predicted molar refractivity (Wildman–Crippen MR) is 74.6 cm³/mol. The zero-order valence-corrected chi connectivity index (χ0v) is 12.5. The van der Waals surface area contributed by atoms with Crippen molar-refractivity contribution in [3.8, 4) is 0 Å². The predicted octanol–water partition coefficient (Wildman–Crippen LogP) is 1.90. The first kappa shape index (κ1) is 15.0. The number of hydrogen-bond acceptors (Lipinski definition) is 5. The number of rotatable bonds is 6. The van der Waals surface area contributed by atoms with Gasteiger partial charge < -0.3 is 0 Å². The lowest BCUT2D eigenvalue weighted by atomic mass is 10.3. The summed E-state index contributed by atoms with van der Waals surface area (Å²) in [6.45, 7) is 2.18. The molecule has 1 aromatic carbocycles. The fourth-order valence-electron chi connectivity index (χ4n) is 1.58. The molecule has 0 aliphatic heterocycles. The number of nitrogens with one attached hydrogen (secondary N) is 1. The first-order chi connectivity index (χ1) is 9.47. The number of nitrogens with zero attached hydrogens (tertiary/aromatic N) is 2. The summed E-state index contributed by atoms with van der Waals surface area (Å²) in [5.41, 5.74) is 0. The van der Waals surface area contributed by atoms with Gasteiger partial charge in [0.2, 0.25) is 10.0 Å². The average molecular weight is 315 g/mol. The van der Waals surface area contributed by atoms with Crippen LogP contribution < -0.4 is 4.72 Å². The van der Waals surface area contributed by atoms with Crippen LogP contribution in [0.2, 0.25) is 0 Å². The van der Waals surface area contributed by atoms with Gasteiger partial charge in [-0.05, 0) is 37.6 Å². The van der Waals surface area contributed by atoms with Gasteiger partial charge in [0.15, 0.2) is 0 Å². The van der Waals surface area contributed by atoms with Crippen LogP contribution in [-0.2, 0) is 16.4 Å². The van der Waals surface area contributed by atoms with E-state index in [1.807, 2.05) is 6.92 Å². The van der Waals surface area contributed by atoms with Gasteiger partial charge in [-0.1, -0.05) is 0 Å². The van der Waals surface area contributed by atoms with Crippen LogP contribution in [0.25, 0.3) is 0 Å². The summed E-state index contributed by atoms with van der Waals surface area (Å²) in [6.07, 6.45) is 1.31.